The average Bonchev–Trinajstić information content (AvgIpc) is 2.33. The quantitative estimate of drug-likeness (QED) is 0.471. The van der Waals surface area contributed by atoms with Crippen molar-refractivity contribution in [3.8, 4) is 0 Å². The molecular formula is C16H24ClIN2. The maximum atomic E-state index is 6.34. The standard InChI is InChI=1S/C16H24ClIN2/c1-11(2)10-13-14(18)15(17)20-16(19-13)12-8-6-4-3-5-7-9-12/h11-12H,3-10H2,1-2H3. The number of aromatic nitrogens is 2. The molecule has 1 fully saturated rings. The van der Waals surface area contributed by atoms with Crippen LogP contribution >= 0.6 is 34.2 Å². The molecule has 4 heteroatoms. The maximum Gasteiger partial charge on any atom is 0.146 e. The molecule has 1 aliphatic rings. The second kappa shape index (κ2) is 7.92. The van der Waals surface area contributed by atoms with Crippen LogP contribution in [-0.4, -0.2) is 9.97 Å². The van der Waals surface area contributed by atoms with Crippen molar-refractivity contribution < 1.29 is 0 Å². The fourth-order valence-electron chi connectivity index (χ4n) is 2.90. The topological polar surface area (TPSA) is 25.8 Å². The number of halogens is 2. The smallest absolute Gasteiger partial charge is 0.146 e. The zero-order valence-corrected chi connectivity index (χ0v) is 15.4. The highest BCUT2D eigenvalue weighted by Gasteiger charge is 2.20. The lowest BCUT2D eigenvalue weighted by Crippen LogP contribution is -2.11. The predicted octanol–water partition coefficient (Wildman–Crippen LogP) is 5.76. The summed E-state index contributed by atoms with van der Waals surface area (Å²) in [7, 11) is 0. The Labute approximate surface area is 141 Å². The molecule has 0 unspecified atom stereocenters. The number of hydrogen-bond acceptors (Lipinski definition) is 2. The summed E-state index contributed by atoms with van der Waals surface area (Å²) in [5.41, 5.74) is 1.14. The number of nitrogens with zero attached hydrogens (tertiary/aromatic N) is 2. The molecule has 0 aromatic carbocycles. The largest absolute Gasteiger partial charge is 0.236 e. The highest BCUT2D eigenvalue weighted by atomic mass is 127. The van der Waals surface area contributed by atoms with Gasteiger partial charge in [-0.15, -0.1) is 0 Å². The summed E-state index contributed by atoms with van der Waals surface area (Å²) >= 11 is 8.62. The summed E-state index contributed by atoms with van der Waals surface area (Å²) < 4.78 is 1.03. The molecule has 0 amide bonds. The van der Waals surface area contributed by atoms with E-state index in [1.807, 2.05) is 0 Å². The van der Waals surface area contributed by atoms with Gasteiger partial charge in [0.2, 0.25) is 0 Å². The molecule has 0 aliphatic heterocycles. The van der Waals surface area contributed by atoms with Crippen LogP contribution in [0.25, 0.3) is 0 Å². The minimum Gasteiger partial charge on any atom is -0.236 e. The van der Waals surface area contributed by atoms with E-state index >= 15 is 0 Å². The minimum atomic E-state index is 0.510. The average molecular weight is 407 g/mol. The van der Waals surface area contributed by atoms with Gasteiger partial charge in [-0.3, -0.25) is 0 Å². The molecule has 0 atom stereocenters. The van der Waals surface area contributed by atoms with Gasteiger partial charge in [0.05, 0.1) is 9.26 Å². The van der Waals surface area contributed by atoms with Crippen molar-refractivity contribution in [3.05, 3.63) is 20.2 Å². The van der Waals surface area contributed by atoms with Crippen LogP contribution in [-0.2, 0) is 6.42 Å². The third kappa shape index (κ3) is 4.55. The number of hydrogen-bond donors (Lipinski definition) is 0. The van der Waals surface area contributed by atoms with Crippen LogP contribution in [0.1, 0.15) is 76.2 Å². The Kier molecular flexibility index (Phi) is 6.53. The van der Waals surface area contributed by atoms with E-state index in [1.54, 1.807) is 0 Å². The van der Waals surface area contributed by atoms with E-state index < -0.39 is 0 Å². The van der Waals surface area contributed by atoms with Gasteiger partial charge in [0.15, 0.2) is 0 Å². The van der Waals surface area contributed by atoms with Crippen LogP contribution in [0.3, 0.4) is 0 Å². The Morgan fingerprint density at radius 3 is 2.30 bits per heavy atom. The Morgan fingerprint density at radius 1 is 1.10 bits per heavy atom. The SMILES string of the molecule is CC(C)Cc1nc(C2CCCCCCC2)nc(Cl)c1I. The fraction of sp³-hybridized carbons (Fsp3) is 0.750. The van der Waals surface area contributed by atoms with Gasteiger partial charge >= 0.3 is 0 Å². The lowest BCUT2D eigenvalue weighted by Gasteiger charge is -2.20. The second-order valence-corrected chi connectivity index (χ2v) is 7.71. The lowest BCUT2D eigenvalue weighted by atomic mass is 9.90. The molecule has 20 heavy (non-hydrogen) atoms. The van der Waals surface area contributed by atoms with Crippen molar-refractivity contribution in [2.45, 2.75) is 71.1 Å². The zero-order chi connectivity index (χ0) is 14.5. The van der Waals surface area contributed by atoms with Gasteiger partial charge in [-0.05, 0) is 47.8 Å². The molecule has 0 radical (unpaired) electrons. The number of rotatable bonds is 3. The Morgan fingerprint density at radius 2 is 1.70 bits per heavy atom. The molecular weight excluding hydrogens is 383 g/mol. The van der Waals surface area contributed by atoms with Crippen molar-refractivity contribution in [2.75, 3.05) is 0 Å². The van der Waals surface area contributed by atoms with Gasteiger partial charge < -0.3 is 0 Å². The summed E-state index contributed by atoms with van der Waals surface area (Å²) in [5.74, 6) is 2.10. The normalized spacial score (nSPS) is 18.1. The van der Waals surface area contributed by atoms with Gasteiger partial charge in [-0.2, -0.15) is 0 Å². The Balaban J connectivity index is 2.23. The second-order valence-electron chi connectivity index (χ2n) is 6.27. The van der Waals surface area contributed by atoms with Crippen LogP contribution in [0.2, 0.25) is 5.15 Å². The predicted molar refractivity (Wildman–Crippen MR) is 93.4 cm³/mol. The molecule has 1 aliphatic carbocycles. The van der Waals surface area contributed by atoms with E-state index in [-0.39, 0.29) is 0 Å². The Hall–Kier alpha value is 0.100. The third-order valence-corrected chi connectivity index (χ3v) is 5.69. The van der Waals surface area contributed by atoms with Crippen LogP contribution in [0.5, 0.6) is 0 Å². The first-order valence-corrected chi connectivity index (χ1v) is 9.25. The summed E-state index contributed by atoms with van der Waals surface area (Å²) in [5, 5.41) is 0.647. The molecule has 2 nitrogen and oxygen atoms in total. The lowest BCUT2D eigenvalue weighted by molar-refractivity contribution is 0.440. The maximum absolute atomic E-state index is 6.34. The summed E-state index contributed by atoms with van der Waals surface area (Å²) in [6.07, 6.45) is 10.1. The van der Waals surface area contributed by atoms with Gasteiger partial charge in [-0.25, -0.2) is 9.97 Å². The molecule has 112 valence electrons. The van der Waals surface area contributed by atoms with Crippen LogP contribution in [0, 0.1) is 9.49 Å². The molecule has 2 rings (SSSR count). The van der Waals surface area contributed by atoms with Crippen LogP contribution < -0.4 is 0 Å². The molecule has 0 saturated heterocycles. The first-order valence-electron chi connectivity index (χ1n) is 7.79. The molecule has 1 saturated carbocycles. The van der Waals surface area contributed by atoms with E-state index in [4.69, 9.17) is 16.6 Å². The van der Waals surface area contributed by atoms with Gasteiger partial charge in [0.25, 0.3) is 0 Å². The van der Waals surface area contributed by atoms with E-state index in [2.05, 4.69) is 41.4 Å². The van der Waals surface area contributed by atoms with Crippen molar-refractivity contribution in [3.63, 3.8) is 0 Å². The van der Waals surface area contributed by atoms with Crippen molar-refractivity contribution in [1.82, 2.24) is 9.97 Å². The zero-order valence-electron chi connectivity index (χ0n) is 12.5. The van der Waals surface area contributed by atoms with E-state index in [1.165, 1.54) is 44.9 Å². The summed E-state index contributed by atoms with van der Waals surface area (Å²) in [6, 6.07) is 0. The molecule has 1 aromatic rings. The first-order chi connectivity index (χ1) is 9.58. The molecule has 0 spiro atoms. The summed E-state index contributed by atoms with van der Waals surface area (Å²) in [4.78, 5) is 9.45. The highest BCUT2D eigenvalue weighted by Crippen LogP contribution is 2.31. The van der Waals surface area contributed by atoms with Crippen molar-refractivity contribution in [1.29, 1.82) is 0 Å². The van der Waals surface area contributed by atoms with E-state index in [0.29, 0.717) is 17.0 Å². The van der Waals surface area contributed by atoms with E-state index in [0.717, 1.165) is 21.5 Å². The Bertz CT molecular complexity index is 440. The van der Waals surface area contributed by atoms with Crippen LogP contribution in [0.4, 0.5) is 0 Å². The van der Waals surface area contributed by atoms with Crippen molar-refractivity contribution in [2.24, 2.45) is 5.92 Å². The summed E-state index contributed by atoms with van der Waals surface area (Å²) in [6.45, 7) is 4.45. The van der Waals surface area contributed by atoms with Gasteiger partial charge in [-0.1, -0.05) is 57.6 Å². The van der Waals surface area contributed by atoms with Gasteiger partial charge in [0, 0.05) is 5.92 Å². The van der Waals surface area contributed by atoms with Crippen molar-refractivity contribution >= 4 is 34.2 Å². The molecule has 1 aromatic heterocycles. The molecule has 0 bridgehead atoms. The fourth-order valence-corrected chi connectivity index (χ4v) is 3.56. The molecule has 1 heterocycles. The van der Waals surface area contributed by atoms with E-state index in [9.17, 15) is 0 Å². The minimum absolute atomic E-state index is 0.510. The monoisotopic (exact) mass is 406 g/mol. The van der Waals surface area contributed by atoms with Gasteiger partial charge in [0.1, 0.15) is 11.0 Å². The highest BCUT2D eigenvalue weighted by molar-refractivity contribution is 14.1. The van der Waals surface area contributed by atoms with Crippen LogP contribution in [0.15, 0.2) is 0 Å². The third-order valence-electron chi connectivity index (χ3n) is 3.97. The molecule has 0 N–H and O–H groups in total. The first kappa shape index (κ1) is 16.5.